The maximum atomic E-state index is 12.5. The van der Waals surface area contributed by atoms with Crippen molar-refractivity contribution in [2.75, 3.05) is 39.4 Å². The Balaban J connectivity index is 1.45. The van der Waals surface area contributed by atoms with Crippen LogP contribution in [0.5, 0.6) is 0 Å². The Hall–Kier alpha value is -2.29. The molecule has 1 aromatic carbocycles. The third-order valence-electron chi connectivity index (χ3n) is 4.47. The summed E-state index contributed by atoms with van der Waals surface area (Å²) in [6.07, 6.45) is 0. The van der Waals surface area contributed by atoms with Crippen LogP contribution in [-0.2, 0) is 16.1 Å². The number of imidazole rings is 1. The summed E-state index contributed by atoms with van der Waals surface area (Å²) in [6, 6.07) is 7.85. The number of carbonyl (C=O) groups is 1. The fraction of sp³-hybridized carbons (Fsp3) is 0.389. The minimum absolute atomic E-state index is 0.0158. The number of hydrogen-bond donors (Lipinski definition) is 1. The van der Waals surface area contributed by atoms with Crippen LogP contribution in [0, 0.1) is 0 Å². The second-order valence-electron chi connectivity index (χ2n) is 6.19. The van der Waals surface area contributed by atoms with Crippen LogP contribution in [0.1, 0.15) is 0 Å². The topological polar surface area (TPSA) is 72.3 Å². The molecule has 0 atom stereocenters. The number of carbonyl (C=O) groups excluding carboxylic acids is 1. The molecular formula is C18H21N5O2S. The third-order valence-corrected chi connectivity index (χ3v) is 5.06. The van der Waals surface area contributed by atoms with E-state index in [9.17, 15) is 4.79 Å². The summed E-state index contributed by atoms with van der Waals surface area (Å²) in [7, 11) is 0. The summed E-state index contributed by atoms with van der Waals surface area (Å²) in [6.45, 7) is 5.11. The molecular weight excluding hydrogens is 350 g/mol. The first kappa shape index (κ1) is 17.1. The normalized spacial score (nSPS) is 15.4. The molecule has 0 bridgehead atoms. The lowest BCUT2D eigenvalue weighted by Gasteiger charge is -2.26. The minimum Gasteiger partial charge on any atom is -0.379 e. The van der Waals surface area contributed by atoms with Crippen molar-refractivity contribution in [1.29, 1.82) is 0 Å². The van der Waals surface area contributed by atoms with E-state index in [1.54, 1.807) is 5.51 Å². The highest BCUT2D eigenvalue weighted by Crippen LogP contribution is 2.24. The van der Waals surface area contributed by atoms with E-state index in [1.807, 2.05) is 34.2 Å². The Morgan fingerprint density at radius 1 is 1.27 bits per heavy atom. The molecule has 1 saturated heterocycles. The highest BCUT2D eigenvalue weighted by Gasteiger charge is 2.16. The third kappa shape index (κ3) is 3.77. The van der Waals surface area contributed by atoms with Crippen LogP contribution >= 0.6 is 11.3 Å². The summed E-state index contributed by atoms with van der Waals surface area (Å²) in [5, 5.41) is 4.97. The summed E-state index contributed by atoms with van der Waals surface area (Å²) in [5.41, 5.74) is 4.39. The average molecular weight is 371 g/mol. The molecule has 1 aliphatic heterocycles. The zero-order valence-electron chi connectivity index (χ0n) is 14.4. The molecule has 136 valence electrons. The molecule has 3 aromatic rings. The van der Waals surface area contributed by atoms with E-state index < -0.39 is 0 Å². The first-order valence-electron chi connectivity index (χ1n) is 8.72. The van der Waals surface area contributed by atoms with E-state index in [2.05, 4.69) is 20.2 Å². The van der Waals surface area contributed by atoms with Gasteiger partial charge in [0, 0.05) is 31.6 Å². The zero-order chi connectivity index (χ0) is 17.8. The van der Waals surface area contributed by atoms with Crippen molar-refractivity contribution < 1.29 is 9.53 Å². The predicted molar refractivity (Wildman–Crippen MR) is 101 cm³/mol. The zero-order valence-corrected chi connectivity index (χ0v) is 15.2. The number of amides is 1. The number of ether oxygens (including phenoxy) is 1. The molecule has 7 nitrogen and oxygen atoms in total. The van der Waals surface area contributed by atoms with Gasteiger partial charge in [0.15, 0.2) is 5.82 Å². The van der Waals surface area contributed by atoms with Gasteiger partial charge in [-0.25, -0.2) is 9.97 Å². The van der Waals surface area contributed by atoms with Gasteiger partial charge in [-0.2, -0.15) is 0 Å². The highest BCUT2D eigenvalue weighted by atomic mass is 32.1. The standard InChI is InChI=1S/C18H21N5O2S/c24-17(19-5-6-22-7-9-25-10-8-22)11-23-16-4-2-1-3-14(16)21-18(23)15-12-26-13-20-15/h1-4,12-13H,5-11H2,(H,19,24). The molecule has 1 amide bonds. The van der Waals surface area contributed by atoms with Crippen molar-refractivity contribution in [1.82, 2.24) is 24.8 Å². The van der Waals surface area contributed by atoms with Crippen LogP contribution in [0.25, 0.3) is 22.6 Å². The van der Waals surface area contributed by atoms with Crippen LogP contribution < -0.4 is 5.32 Å². The summed E-state index contributed by atoms with van der Waals surface area (Å²) in [4.78, 5) is 23.8. The molecule has 4 rings (SSSR count). The lowest BCUT2D eigenvalue weighted by molar-refractivity contribution is -0.121. The molecule has 0 unspecified atom stereocenters. The van der Waals surface area contributed by atoms with Crippen molar-refractivity contribution in [2.45, 2.75) is 6.54 Å². The number of nitrogens with zero attached hydrogens (tertiary/aromatic N) is 4. The smallest absolute Gasteiger partial charge is 0.240 e. The van der Waals surface area contributed by atoms with Crippen LogP contribution in [0.15, 0.2) is 35.2 Å². The molecule has 26 heavy (non-hydrogen) atoms. The maximum Gasteiger partial charge on any atom is 0.240 e. The van der Waals surface area contributed by atoms with E-state index in [1.165, 1.54) is 11.3 Å². The molecule has 3 heterocycles. The SMILES string of the molecule is O=C(Cn1c(-c2cscn2)nc2ccccc21)NCCN1CCOCC1. The number of benzene rings is 1. The summed E-state index contributed by atoms with van der Waals surface area (Å²) >= 11 is 1.52. The number of hydrogen-bond acceptors (Lipinski definition) is 6. The number of morpholine rings is 1. The first-order valence-corrected chi connectivity index (χ1v) is 9.66. The van der Waals surface area contributed by atoms with Gasteiger partial charge in [-0.1, -0.05) is 12.1 Å². The molecule has 1 aliphatic rings. The maximum absolute atomic E-state index is 12.5. The first-order chi connectivity index (χ1) is 12.8. The van der Waals surface area contributed by atoms with Crippen LogP contribution in [0.3, 0.4) is 0 Å². The molecule has 0 saturated carbocycles. The van der Waals surface area contributed by atoms with E-state index in [0.29, 0.717) is 6.54 Å². The molecule has 8 heteroatoms. The monoisotopic (exact) mass is 371 g/mol. The van der Waals surface area contributed by atoms with Crippen LogP contribution in [-0.4, -0.2) is 64.7 Å². The second-order valence-corrected chi connectivity index (χ2v) is 6.91. The fourth-order valence-corrected chi connectivity index (χ4v) is 3.66. The number of para-hydroxylation sites is 2. The summed E-state index contributed by atoms with van der Waals surface area (Å²) < 4.78 is 7.28. The highest BCUT2D eigenvalue weighted by molar-refractivity contribution is 7.07. The van der Waals surface area contributed by atoms with Gasteiger partial charge in [0.2, 0.25) is 5.91 Å². The van der Waals surface area contributed by atoms with Gasteiger partial charge in [0.1, 0.15) is 12.2 Å². The van der Waals surface area contributed by atoms with Gasteiger partial charge in [-0.05, 0) is 12.1 Å². The number of nitrogens with one attached hydrogen (secondary N) is 1. The quantitative estimate of drug-likeness (QED) is 0.713. The Morgan fingerprint density at radius 2 is 2.12 bits per heavy atom. The van der Waals surface area contributed by atoms with Gasteiger partial charge >= 0.3 is 0 Å². The Labute approximate surface area is 155 Å². The Morgan fingerprint density at radius 3 is 2.92 bits per heavy atom. The van der Waals surface area contributed by atoms with Crippen molar-refractivity contribution in [3.8, 4) is 11.5 Å². The predicted octanol–water partition coefficient (Wildman–Crippen LogP) is 1.61. The van der Waals surface area contributed by atoms with Crippen LogP contribution in [0.2, 0.25) is 0 Å². The lowest BCUT2D eigenvalue weighted by Crippen LogP contribution is -2.41. The largest absolute Gasteiger partial charge is 0.379 e. The molecule has 1 N–H and O–H groups in total. The number of rotatable bonds is 6. The van der Waals surface area contributed by atoms with Gasteiger partial charge in [-0.3, -0.25) is 9.69 Å². The number of fused-ring (bicyclic) bond motifs is 1. The van der Waals surface area contributed by atoms with Gasteiger partial charge in [0.05, 0.1) is 29.8 Å². The van der Waals surface area contributed by atoms with Gasteiger partial charge in [-0.15, -0.1) is 11.3 Å². The average Bonchev–Trinajstić information content (AvgIpc) is 3.31. The fourth-order valence-electron chi connectivity index (χ4n) is 3.13. The lowest BCUT2D eigenvalue weighted by atomic mass is 10.3. The second kappa shape index (κ2) is 7.94. The van der Waals surface area contributed by atoms with Crippen molar-refractivity contribution in [3.05, 3.63) is 35.2 Å². The van der Waals surface area contributed by atoms with Gasteiger partial charge in [0.25, 0.3) is 0 Å². The molecule has 0 radical (unpaired) electrons. The van der Waals surface area contributed by atoms with Crippen molar-refractivity contribution in [3.63, 3.8) is 0 Å². The Bertz CT molecular complexity index is 871. The molecule has 0 aliphatic carbocycles. The molecule has 0 spiro atoms. The Kier molecular flexibility index (Phi) is 5.24. The van der Waals surface area contributed by atoms with Crippen molar-refractivity contribution >= 4 is 28.3 Å². The van der Waals surface area contributed by atoms with E-state index >= 15 is 0 Å². The van der Waals surface area contributed by atoms with E-state index in [4.69, 9.17) is 4.74 Å². The molecule has 1 fully saturated rings. The van der Waals surface area contributed by atoms with E-state index in [0.717, 1.165) is 55.4 Å². The molecule has 2 aromatic heterocycles. The number of thiazole rings is 1. The van der Waals surface area contributed by atoms with E-state index in [-0.39, 0.29) is 12.5 Å². The summed E-state index contributed by atoms with van der Waals surface area (Å²) in [5.74, 6) is 0.716. The van der Waals surface area contributed by atoms with Crippen LogP contribution in [0.4, 0.5) is 0 Å². The minimum atomic E-state index is -0.0158. The van der Waals surface area contributed by atoms with Gasteiger partial charge < -0.3 is 14.6 Å². The van der Waals surface area contributed by atoms with Crippen molar-refractivity contribution in [2.24, 2.45) is 0 Å². The number of aromatic nitrogens is 3.